The van der Waals surface area contributed by atoms with Crippen molar-refractivity contribution in [3.05, 3.63) is 82.4 Å². The van der Waals surface area contributed by atoms with Crippen LogP contribution in [0.3, 0.4) is 0 Å². The molecule has 190 valence electrons. The van der Waals surface area contributed by atoms with Crippen LogP contribution in [0.1, 0.15) is 27.8 Å². The second-order valence-corrected chi connectivity index (χ2v) is 8.24. The lowest BCUT2D eigenvalue weighted by molar-refractivity contribution is -0.123. The second-order valence-electron chi connectivity index (χ2n) is 8.24. The van der Waals surface area contributed by atoms with Crippen molar-refractivity contribution < 1.29 is 23.8 Å². The lowest BCUT2D eigenvalue weighted by Crippen LogP contribution is -2.24. The summed E-state index contributed by atoms with van der Waals surface area (Å²) in [5.74, 6) is 0.546. The minimum absolute atomic E-state index is 0.189. The largest absolute Gasteiger partial charge is 0.493 e. The number of methoxy groups -OCH3 is 1. The first-order valence-corrected chi connectivity index (χ1v) is 11.4. The Morgan fingerprint density at radius 1 is 0.919 bits per heavy atom. The van der Waals surface area contributed by atoms with Gasteiger partial charge in [-0.2, -0.15) is 10.4 Å². The SMILES string of the molecule is COc1cc(/C=N/NC(=O)COc2ccc(C#N)cc2)ccc1OCC(=O)Nc1c(C)cc(C)cc1C. The Balaban J connectivity index is 1.51. The number of anilines is 1. The predicted octanol–water partition coefficient (Wildman–Crippen LogP) is 4.04. The topological polar surface area (TPSA) is 122 Å². The van der Waals surface area contributed by atoms with Crippen molar-refractivity contribution in [3.63, 3.8) is 0 Å². The monoisotopic (exact) mass is 500 g/mol. The van der Waals surface area contributed by atoms with Gasteiger partial charge >= 0.3 is 0 Å². The van der Waals surface area contributed by atoms with Crippen molar-refractivity contribution in [2.75, 3.05) is 25.6 Å². The van der Waals surface area contributed by atoms with Gasteiger partial charge < -0.3 is 19.5 Å². The van der Waals surface area contributed by atoms with E-state index < -0.39 is 5.91 Å². The molecule has 0 aliphatic carbocycles. The van der Waals surface area contributed by atoms with Gasteiger partial charge in [0.25, 0.3) is 11.8 Å². The lowest BCUT2D eigenvalue weighted by atomic mass is 10.1. The van der Waals surface area contributed by atoms with E-state index in [2.05, 4.69) is 15.8 Å². The summed E-state index contributed by atoms with van der Waals surface area (Å²) in [6, 6.07) is 17.5. The average molecular weight is 501 g/mol. The summed E-state index contributed by atoms with van der Waals surface area (Å²) in [6.45, 7) is 5.49. The maximum absolute atomic E-state index is 12.5. The Kier molecular flexibility index (Phi) is 9.22. The highest BCUT2D eigenvalue weighted by atomic mass is 16.5. The van der Waals surface area contributed by atoms with Crippen LogP contribution in [-0.4, -0.2) is 38.4 Å². The number of aryl methyl sites for hydroxylation is 3. The molecule has 0 spiro atoms. The number of hydrazone groups is 1. The highest BCUT2D eigenvalue weighted by molar-refractivity contribution is 5.93. The van der Waals surface area contributed by atoms with Crippen molar-refractivity contribution in [1.29, 1.82) is 5.26 Å². The molecule has 9 heteroatoms. The molecule has 0 fully saturated rings. The van der Waals surface area contributed by atoms with Gasteiger partial charge in [-0.3, -0.25) is 9.59 Å². The third-order valence-electron chi connectivity index (χ3n) is 5.24. The van der Waals surface area contributed by atoms with Crippen molar-refractivity contribution in [2.24, 2.45) is 5.10 Å². The first kappa shape index (κ1) is 26.8. The number of nitrogens with one attached hydrogen (secondary N) is 2. The fourth-order valence-corrected chi connectivity index (χ4v) is 3.57. The molecule has 37 heavy (non-hydrogen) atoms. The van der Waals surface area contributed by atoms with Crippen LogP contribution in [0.4, 0.5) is 5.69 Å². The van der Waals surface area contributed by atoms with Gasteiger partial charge in [0.2, 0.25) is 0 Å². The summed E-state index contributed by atoms with van der Waals surface area (Å²) >= 11 is 0. The van der Waals surface area contributed by atoms with Crippen molar-refractivity contribution in [1.82, 2.24) is 5.43 Å². The molecule has 0 saturated heterocycles. The molecule has 2 amide bonds. The van der Waals surface area contributed by atoms with Crippen LogP contribution in [0, 0.1) is 32.1 Å². The first-order chi connectivity index (χ1) is 17.8. The van der Waals surface area contributed by atoms with Crippen molar-refractivity contribution >= 4 is 23.7 Å². The third-order valence-corrected chi connectivity index (χ3v) is 5.24. The molecule has 0 heterocycles. The number of hydrogen-bond donors (Lipinski definition) is 2. The van der Waals surface area contributed by atoms with Crippen molar-refractivity contribution in [3.8, 4) is 23.3 Å². The van der Waals surface area contributed by atoms with Crippen LogP contribution in [0.5, 0.6) is 17.2 Å². The van der Waals surface area contributed by atoms with Crippen LogP contribution >= 0.6 is 0 Å². The minimum Gasteiger partial charge on any atom is -0.493 e. The lowest BCUT2D eigenvalue weighted by Gasteiger charge is -2.14. The van der Waals surface area contributed by atoms with Crippen LogP contribution in [0.25, 0.3) is 0 Å². The van der Waals surface area contributed by atoms with Gasteiger partial charge in [0.05, 0.1) is 25.0 Å². The summed E-state index contributed by atoms with van der Waals surface area (Å²) in [7, 11) is 1.49. The van der Waals surface area contributed by atoms with Crippen LogP contribution in [-0.2, 0) is 9.59 Å². The van der Waals surface area contributed by atoms with E-state index in [0.717, 1.165) is 22.4 Å². The predicted molar refractivity (Wildman–Crippen MR) is 140 cm³/mol. The zero-order chi connectivity index (χ0) is 26.8. The first-order valence-electron chi connectivity index (χ1n) is 11.4. The number of benzene rings is 3. The van der Waals surface area contributed by atoms with Gasteiger partial charge in [-0.15, -0.1) is 0 Å². The zero-order valence-electron chi connectivity index (χ0n) is 21.1. The molecule has 0 atom stereocenters. The molecule has 0 aromatic heterocycles. The number of ether oxygens (including phenoxy) is 3. The highest BCUT2D eigenvalue weighted by Gasteiger charge is 2.11. The Labute approximate surface area is 215 Å². The van der Waals surface area contributed by atoms with Crippen LogP contribution in [0.2, 0.25) is 0 Å². The molecule has 0 aliphatic heterocycles. The Morgan fingerprint density at radius 2 is 1.59 bits per heavy atom. The van der Waals surface area contributed by atoms with Gasteiger partial charge in [0, 0.05) is 5.69 Å². The molecular weight excluding hydrogens is 472 g/mol. The quantitative estimate of drug-likeness (QED) is 0.320. The molecule has 3 aromatic rings. The average Bonchev–Trinajstić information content (AvgIpc) is 2.88. The number of nitrogens with zero attached hydrogens (tertiary/aromatic N) is 2. The third kappa shape index (κ3) is 7.83. The molecule has 0 saturated carbocycles. The van der Waals surface area contributed by atoms with Crippen molar-refractivity contribution in [2.45, 2.75) is 20.8 Å². The number of carbonyl (C=O) groups excluding carboxylic acids is 2. The molecule has 9 nitrogen and oxygen atoms in total. The molecule has 3 aromatic carbocycles. The maximum Gasteiger partial charge on any atom is 0.277 e. The van der Waals surface area contributed by atoms with E-state index in [-0.39, 0.29) is 19.1 Å². The van der Waals surface area contributed by atoms with Gasteiger partial charge in [-0.1, -0.05) is 17.7 Å². The van der Waals surface area contributed by atoms with E-state index in [9.17, 15) is 9.59 Å². The van der Waals surface area contributed by atoms with E-state index >= 15 is 0 Å². The summed E-state index contributed by atoms with van der Waals surface area (Å²) in [5, 5.41) is 15.6. The van der Waals surface area contributed by atoms with E-state index in [1.54, 1.807) is 42.5 Å². The van der Waals surface area contributed by atoms with E-state index in [4.69, 9.17) is 19.5 Å². The highest BCUT2D eigenvalue weighted by Crippen LogP contribution is 2.28. The molecule has 2 N–H and O–H groups in total. The number of rotatable bonds is 10. The molecule has 0 unspecified atom stereocenters. The number of amides is 2. The fourth-order valence-electron chi connectivity index (χ4n) is 3.57. The number of hydrogen-bond acceptors (Lipinski definition) is 7. The summed E-state index contributed by atoms with van der Waals surface area (Å²) in [4.78, 5) is 24.4. The second kappa shape index (κ2) is 12.7. The minimum atomic E-state index is -0.447. The molecule has 0 bridgehead atoms. The molecule has 0 radical (unpaired) electrons. The number of carbonyl (C=O) groups is 2. The van der Waals surface area contributed by atoms with E-state index in [0.29, 0.717) is 28.4 Å². The van der Waals surface area contributed by atoms with E-state index in [1.807, 2.05) is 39.0 Å². The smallest absolute Gasteiger partial charge is 0.277 e. The van der Waals surface area contributed by atoms with E-state index in [1.165, 1.54) is 13.3 Å². The molecule has 3 rings (SSSR count). The van der Waals surface area contributed by atoms with Gasteiger partial charge in [0.1, 0.15) is 5.75 Å². The molecular formula is C28H28N4O5. The summed E-state index contributed by atoms with van der Waals surface area (Å²) in [6.07, 6.45) is 1.45. The van der Waals surface area contributed by atoms with Crippen LogP contribution in [0.15, 0.2) is 59.7 Å². The summed E-state index contributed by atoms with van der Waals surface area (Å²) in [5.41, 5.74) is 7.41. The van der Waals surface area contributed by atoms with Gasteiger partial charge in [-0.05, 0) is 79.9 Å². The summed E-state index contributed by atoms with van der Waals surface area (Å²) < 4.78 is 16.4. The molecule has 0 aliphatic rings. The Hall–Kier alpha value is -4.84. The van der Waals surface area contributed by atoms with Crippen LogP contribution < -0.4 is 25.0 Å². The van der Waals surface area contributed by atoms with Gasteiger partial charge in [0.15, 0.2) is 24.7 Å². The van der Waals surface area contributed by atoms with Gasteiger partial charge in [-0.25, -0.2) is 5.43 Å². The Bertz CT molecular complexity index is 1320. The Morgan fingerprint density at radius 3 is 2.24 bits per heavy atom. The number of nitriles is 1. The normalized spacial score (nSPS) is 10.5. The fraction of sp³-hybridized carbons (Fsp3) is 0.214. The maximum atomic E-state index is 12.5. The standard InChI is InChI=1S/C28H28N4O5/c1-18-11-19(2)28(20(3)12-18)31-26(33)16-37-24-10-7-22(13-25(24)35-4)15-30-32-27(34)17-36-23-8-5-21(14-29)6-9-23/h5-13,15H,16-17H2,1-4H3,(H,31,33)(H,32,34)/b30-15+. The zero-order valence-corrected chi connectivity index (χ0v) is 21.1.